The lowest BCUT2D eigenvalue weighted by molar-refractivity contribution is 0.727. The van der Waals surface area contributed by atoms with Crippen molar-refractivity contribution in [2.75, 3.05) is 17.7 Å². The normalized spacial score (nSPS) is 10.7. The summed E-state index contributed by atoms with van der Waals surface area (Å²) >= 11 is 6.16. The van der Waals surface area contributed by atoms with Crippen molar-refractivity contribution < 1.29 is 0 Å². The second-order valence-corrected chi connectivity index (χ2v) is 4.80. The number of aromatic nitrogens is 2. The van der Waals surface area contributed by atoms with Crippen LogP contribution in [0.15, 0.2) is 24.3 Å². The topological polar surface area (TPSA) is 47.1 Å². The summed E-state index contributed by atoms with van der Waals surface area (Å²) in [6.45, 7) is 2.60. The zero-order valence-corrected chi connectivity index (χ0v) is 11.6. The van der Waals surface area contributed by atoms with Gasteiger partial charge in [-0.3, -0.25) is 4.68 Å². The molecule has 1 aromatic carbocycles. The van der Waals surface area contributed by atoms with Crippen molar-refractivity contribution in [3.05, 3.63) is 40.5 Å². The average molecular weight is 265 g/mol. The zero-order chi connectivity index (χ0) is 13.3. The first-order chi connectivity index (χ1) is 8.50. The van der Waals surface area contributed by atoms with Crippen LogP contribution in [0.25, 0.3) is 0 Å². The highest BCUT2D eigenvalue weighted by atomic mass is 35.5. The molecule has 0 radical (unpaired) electrons. The summed E-state index contributed by atoms with van der Waals surface area (Å²) in [6.07, 6.45) is 0. The van der Waals surface area contributed by atoms with Crippen LogP contribution in [0.4, 0.5) is 11.5 Å². The fourth-order valence-electron chi connectivity index (χ4n) is 2.07. The Kier molecular flexibility index (Phi) is 3.48. The van der Waals surface area contributed by atoms with E-state index in [1.54, 1.807) is 4.68 Å². The van der Waals surface area contributed by atoms with Gasteiger partial charge >= 0.3 is 0 Å². The molecule has 96 valence electrons. The van der Waals surface area contributed by atoms with E-state index in [0.29, 0.717) is 12.2 Å². The molecule has 0 saturated carbocycles. The van der Waals surface area contributed by atoms with Gasteiger partial charge in [0.25, 0.3) is 0 Å². The summed E-state index contributed by atoms with van der Waals surface area (Å²) in [6, 6.07) is 7.81. The van der Waals surface area contributed by atoms with E-state index in [1.165, 1.54) is 0 Å². The maximum absolute atomic E-state index is 6.16. The number of hydrogen-bond acceptors (Lipinski definition) is 3. The zero-order valence-electron chi connectivity index (χ0n) is 10.8. The van der Waals surface area contributed by atoms with Crippen molar-refractivity contribution >= 4 is 23.1 Å². The molecular weight excluding hydrogens is 248 g/mol. The minimum Gasteiger partial charge on any atom is -0.394 e. The van der Waals surface area contributed by atoms with Gasteiger partial charge in [-0.15, -0.1) is 0 Å². The van der Waals surface area contributed by atoms with Crippen LogP contribution in [0.2, 0.25) is 5.02 Å². The van der Waals surface area contributed by atoms with Gasteiger partial charge in [0.2, 0.25) is 0 Å². The molecule has 4 nitrogen and oxygen atoms in total. The molecule has 0 saturated heterocycles. The van der Waals surface area contributed by atoms with Crippen molar-refractivity contribution in [2.45, 2.75) is 13.5 Å². The first-order valence-corrected chi connectivity index (χ1v) is 6.12. The SMILES string of the molecule is Cc1nn(C)c(N(C)Cc2ccccc2Cl)c1N. The van der Waals surface area contributed by atoms with Crippen LogP contribution < -0.4 is 10.6 Å². The third-order valence-electron chi connectivity index (χ3n) is 2.96. The summed E-state index contributed by atoms with van der Waals surface area (Å²) in [7, 11) is 3.87. The smallest absolute Gasteiger partial charge is 0.150 e. The maximum Gasteiger partial charge on any atom is 0.150 e. The van der Waals surface area contributed by atoms with E-state index in [9.17, 15) is 0 Å². The monoisotopic (exact) mass is 264 g/mol. The third kappa shape index (κ3) is 2.29. The maximum atomic E-state index is 6.16. The minimum atomic E-state index is 0.697. The van der Waals surface area contributed by atoms with Crippen LogP contribution in [-0.4, -0.2) is 16.8 Å². The van der Waals surface area contributed by atoms with E-state index in [2.05, 4.69) is 10.00 Å². The highest BCUT2D eigenvalue weighted by Crippen LogP contribution is 2.27. The lowest BCUT2D eigenvalue weighted by Crippen LogP contribution is -2.20. The highest BCUT2D eigenvalue weighted by Gasteiger charge is 2.15. The van der Waals surface area contributed by atoms with Crippen molar-refractivity contribution in [1.29, 1.82) is 0 Å². The fourth-order valence-corrected chi connectivity index (χ4v) is 2.27. The number of nitrogens with zero attached hydrogens (tertiary/aromatic N) is 3. The van der Waals surface area contributed by atoms with Gasteiger partial charge in [-0.1, -0.05) is 29.8 Å². The average Bonchev–Trinajstić information content (AvgIpc) is 2.56. The lowest BCUT2D eigenvalue weighted by atomic mass is 10.2. The van der Waals surface area contributed by atoms with Crippen LogP contribution in [0.1, 0.15) is 11.3 Å². The number of aryl methyl sites for hydroxylation is 2. The number of hydrogen-bond donors (Lipinski definition) is 1. The van der Waals surface area contributed by atoms with Gasteiger partial charge in [-0.25, -0.2) is 0 Å². The van der Waals surface area contributed by atoms with E-state index in [1.807, 2.05) is 45.3 Å². The Morgan fingerprint density at radius 2 is 2.06 bits per heavy atom. The molecule has 2 aromatic rings. The van der Waals surface area contributed by atoms with Crippen molar-refractivity contribution in [3.63, 3.8) is 0 Å². The fraction of sp³-hybridized carbons (Fsp3) is 0.308. The summed E-state index contributed by atoms with van der Waals surface area (Å²) in [5.41, 5.74) is 8.67. The molecular formula is C13H17ClN4. The standard InChI is InChI=1S/C13H17ClN4/c1-9-12(15)13(18(3)16-9)17(2)8-10-6-4-5-7-11(10)14/h4-7H,8,15H2,1-3H3. The molecule has 0 aliphatic rings. The Balaban J connectivity index is 2.28. The lowest BCUT2D eigenvalue weighted by Gasteiger charge is -2.20. The summed E-state index contributed by atoms with van der Waals surface area (Å²) in [5, 5.41) is 5.08. The molecule has 5 heteroatoms. The van der Waals surface area contributed by atoms with Crippen molar-refractivity contribution in [1.82, 2.24) is 9.78 Å². The molecule has 0 aliphatic carbocycles. The molecule has 1 aromatic heterocycles. The van der Waals surface area contributed by atoms with Gasteiger partial charge in [-0.2, -0.15) is 5.10 Å². The molecule has 18 heavy (non-hydrogen) atoms. The minimum absolute atomic E-state index is 0.697. The van der Waals surface area contributed by atoms with E-state index in [0.717, 1.165) is 22.1 Å². The molecule has 0 fully saturated rings. The van der Waals surface area contributed by atoms with Gasteiger partial charge in [0, 0.05) is 25.7 Å². The van der Waals surface area contributed by atoms with Crippen LogP contribution in [0, 0.1) is 6.92 Å². The van der Waals surface area contributed by atoms with Gasteiger partial charge in [0.1, 0.15) is 5.82 Å². The predicted molar refractivity (Wildman–Crippen MR) is 75.9 cm³/mol. The van der Waals surface area contributed by atoms with Gasteiger partial charge < -0.3 is 10.6 Å². The second-order valence-electron chi connectivity index (χ2n) is 4.39. The van der Waals surface area contributed by atoms with E-state index >= 15 is 0 Å². The third-order valence-corrected chi connectivity index (χ3v) is 3.33. The number of nitrogens with two attached hydrogens (primary N) is 1. The Labute approximate surface area is 112 Å². The van der Waals surface area contributed by atoms with Crippen LogP contribution >= 0.6 is 11.6 Å². The number of anilines is 2. The largest absolute Gasteiger partial charge is 0.394 e. The molecule has 0 amide bonds. The Hall–Kier alpha value is -1.68. The first kappa shape index (κ1) is 12.8. The summed E-state index contributed by atoms with van der Waals surface area (Å²) in [5.74, 6) is 0.910. The van der Waals surface area contributed by atoms with E-state index < -0.39 is 0 Å². The molecule has 0 spiro atoms. The molecule has 2 N–H and O–H groups in total. The van der Waals surface area contributed by atoms with Crippen molar-refractivity contribution in [2.24, 2.45) is 7.05 Å². The molecule has 0 aliphatic heterocycles. The molecule has 0 atom stereocenters. The summed E-state index contributed by atoms with van der Waals surface area (Å²) in [4.78, 5) is 2.05. The number of nitrogen functional groups attached to an aromatic ring is 1. The highest BCUT2D eigenvalue weighted by molar-refractivity contribution is 6.31. The first-order valence-electron chi connectivity index (χ1n) is 5.74. The Morgan fingerprint density at radius 1 is 1.39 bits per heavy atom. The molecule has 0 unspecified atom stereocenters. The summed E-state index contributed by atoms with van der Waals surface area (Å²) < 4.78 is 1.79. The Bertz CT molecular complexity index is 562. The van der Waals surface area contributed by atoms with Gasteiger partial charge in [0.05, 0.1) is 11.4 Å². The number of benzene rings is 1. The van der Waals surface area contributed by atoms with Crippen molar-refractivity contribution in [3.8, 4) is 0 Å². The van der Waals surface area contributed by atoms with Gasteiger partial charge in [-0.05, 0) is 18.6 Å². The van der Waals surface area contributed by atoms with Gasteiger partial charge in [0.15, 0.2) is 0 Å². The second kappa shape index (κ2) is 4.90. The molecule has 1 heterocycles. The van der Waals surface area contributed by atoms with E-state index in [4.69, 9.17) is 17.3 Å². The quantitative estimate of drug-likeness (QED) is 0.927. The molecule has 0 bridgehead atoms. The predicted octanol–water partition coefficient (Wildman–Crippen LogP) is 2.60. The van der Waals surface area contributed by atoms with Crippen LogP contribution in [0.3, 0.4) is 0 Å². The van der Waals surface area contributed by atoms with Crippen LogP contribution in [0.5, 0.6) is 0 Å². The number of rotatable bonds is 3. The number of halogens is 1. The Morgan fingerprint density at radius 3 is 2.61 bits per heavy atom. The van der Waals surface area contributed by atoms with Crippen LogP contribution in [-0.2, 0) is 13.6 Å². The molecule has 2 rings (SSSR count). The van der Waals surface area contributed by atoms with E-state index in [-0.39, 0.29) is 0 Å².